The van der Waals surface area contributed by atoms with Crippen molar-refractivity contribution in [1.29, 1.82) is 0 Å². The first-order chi connectivity index (χ1) is 17.8. The Morgan fingerprint density at radius 1 is 0.838 bits per heavy atom. The average Bonchev–Trinajstić information content (AvgIpc) is 3.38. The molecule has 13 heteroatoms. The Bertz CT molecular complexity index is 2110. The summed E-state index contributed by atoms with van der Waals surface area (Å²) >= 11 is 15.7. The monoisotopic (exact) mass is 648 g/mol. The molecule has 0 amide bonds. The van der Waals surface area contributed by atoms with E-state index in [2.05, 4.69) is 32.6 Å². The molecule has 0 spiro atoms. The summed E-state index contributed by atoms with van der Waals surface area (Å²) in [6.45, 7) is 4.78. The van der Waals surface area contributed by atoms with E-state index < -0.39 is 0 Å². The normalized spacial score (nSPS) is 13.2. The summed E-state index contributed by atoms with van der Waals surface area (Å²) < 4.78 is 16.4. The summed E-state index contributed by atoms with van der Waals surface area (Å²) in [6.07, 6.45) is 0. The van der Waals surface area contributed by atoms with Gasteiger partial charge in [-0.15, -0.1) is 0 Å². The maximum absolute atomic E-state index is 12.4. The number of hydrogen-bond acceptors (Lipinski definition) is 6. The number of aromatic nitrogens is 4. The number of aromatic amines is 2. The van der Waals surface area contributed by atoms with Crippen molar-refractivity contribution >= 4 is 79.2 Å². The molecule has 0 saturated heterocycles. The highest BCUT2D eigenvalue weighted by molar-refractivity contribution is 14.1. The second kappa shape index (κ2) is 7.85. The predicted octanol–water partition coefficient (Wildman–Crippen LogP) is 5.04. The number of halogens is 3. The average molecular weight is 649 g/mol. The van der Waals surface area contributed by atoms with Crippen LogP contribution in [-0.4, -0.2) is 19.1 Å². The van der Waals surface area contributed by atoms with Crippen molar-refractivity contribution in [2.45, 2.75) is 26.9 Å². The zero-order valence-corrected chi connectivity index (χ0v) is 22.9. The number of imidazole rings is 2. The van der Waals surface area contributed by atoms with Gasteiger partial charge in [0.1, 0.15) is 32.1 Å². The first-order valence-corrected chi connectivity index (χ1v) is 13.2. The third-order valence-electron chi connectivity index (χ3n) is 6.55. The van der Waals surface area contributed by atoms with Crippen molar-refractivity contribution in [2.75, 3.05) is 0 Å². The SMILES string of the molecule is CCn1c(=O)[nH]c2cc3c(cc21)Oc1c(Cl)c2c(c(Cl)c1=N3)Oc1c(cc3[nH]c(=O)n(CC)c3c1I)N=2. The number of hydrogen-bond donors (Lipinski definition) is 2. The minimum atomic E-state index is -0.215. The zero-order valence-electron chi connectivity index (χ0n) is 19.2. The molecule has 186 valence electrons. The van der Waals surface area contributed by atoms with Gasteiger partial charge < -0.3 is 19.4 Å². The molecule has 0 atom stereocenters. The highest BCUT2D eigenvalue weighted by Crippen LogP contribution is 2.46. The van der Waals surface area contributed by atoms with Crippen molar-refractivity contribution in [3.8, 4) is 23.0 Å². The van der Waals surface area contributed by atoms with Gasteiger partial charge in [-0.05, 0) is 48.6 Å². The fourth-order valence-corrected chi connectivity index (χ4v) is 6.33. The van der Waals surface area contributed by atoms with Gasteiger partial charge in [-0.1, -0.05) is 23.2 Å². The van der Waals surface area contributed by atoms with Gasteiger partial charge in [0, 0.05) is 19.2 Å². The van der Waals surface area contributed by atoms with E-state index in [9.17, 15) is 9.59 Å². The number of nitrogens with one attached hydrogen (secondary N) is 2. The number of H-pyrrole nitrogens is 2. The Morgan fingerprint density at radius 3 is 2.14 bits per heavy atom. The Kier molecular flexibility index (Phi) is 4.86. The molecule has 4 heterocycles. The van der Waals surface area contributed by atoms with Crippen molar-refractivity contribution in [2.24, 2.45) is 9.98 Å². The third kappa shape index (κ3) is 3.04. The third-order valence-corrected chi connectivity index (χ3v) is 8.25. The first-order valence-electron chi connectivity index (χ1n) is 11.4. The van der Waals surface area contributed by atoms with Crippen LogP contribution in [0.5, 0.6) is 23.0 Å². The largest absolute Gasteiger partial charge is 0.451 e. The van der Waals surface area contributed by atoms with Gasteiger partial charge in [-0.3, -0.25) is 9.13 Å². The van der Waals surface area contributed by atoms with E-state index in [0.29, 0.717) is 63.2 Å². The van der Waals surface area contributed by atoms with Crippen molar-refractivity contribution in [1.82, 2.24) is 19.1 Å². The molecule has 0 aliphatic carbocycles. The second-order valence-electron chi connectivity index (χ2n) is 8.53. The maximum Gasteiger partial charge on any atom is 0.326 e. The van der Waals surface area contributed by atoms with E-state index >= 15 is 0 Å². The molecule has 0 unspecified atom stereocenters. The summed E-state index contributed by atoms with van der Waals surface area (Å²) in [6, 6.07) is 5.24. The number of fused-ring (bicyclic) bond motifs is 6. The lowest BCUT2D eigenvalue weighted by atomic mass is 10.2. The van der Waals surface area contributed by atoms with Crippen LogP contribution in [0.2, 0.25) is 10.0 Å². The smallest absolute Gasteiger partial charge is 0.326 e. The van der Waals surface area contributed by atoms with Gasteiger partial charge >= 0.3 is 11.4 Å². The maximum atomic E-state index is 12.4. The molecule has 10 nitrogen and oxygen atoms in total. The number of benzene rings is 3. The van der Waals surface area contributed by atoms with Crippen LogP contribution in [0.3, 0.4) is 0 Å². The topological polar surface area (TPSA) is 119 Å². The second-order valence-corrected chi connectivity index (χ2v) is 10.4. The van der Waals surface area contributed by atoms with Crippen molar-refractivity contribution in [3.05, 3.63) is 63.5 Å². The van der Waals surface area contributed by atoms with Crippen LogP contribution in [-0.2, 0) is 13.1 Å². The van der Waals surface area contributed by atoms with E-state index in [4.69, 9.17) is 42.7 Å². The quantitative estimate of drug-likeness (QED) is 0.255. The van der Waals surface area contributed by atoms with Gasteiger partial charge in [0.05, 0.1) is 25.6 Å². The summed E-state index contributed by atoms with van der Waals surface area (Å²) in [4.78, 5) is 39.8. The van der Waals surface area contributed by atoms with Crippen LogP contribution in [0.15, 0.2) is 37.8 Å². The lowest BCUT2D eigenvalue weighted by Gasteiger charge is -2.21. The number of nitrogens with zero attached hydrogens (tertiary/aromatic N) is 4. The van der Waals surface area contributed by atoms with Crippen LogP contribution in [0.25, 0.3) is 22.1 Å². The molecule has 2 N–H and O–H groups in total. The molecule has 2 aromatic heterocycles. The number of aryl methyl sites for hydroxylation is 2. The van der Waals surface area contributed by atoms with Crippen molar-refractivity contribution in [3.63, 3.8) is 0 Å². The highest BCUT2D eigenvalue weighted by atomic mass is 127. The lowest BCUT2D eigenvalue weighted by molar-refractivity contribution is 0.450. The molecule has 0 fully saturated rings. The van der Waals surface area contributed by atoms with Crippen LogP contribution in [0.1, 0.15) is 13.8 Å². The molecule has 3 aromatic carbocycles. The first kappa shape index (κ1) is 22.9. The number of ether oxygens (including phenoxy) is 2. The highest BCUT2D eigenvalue weighted by Gasteiger charge is 2.29. The Morgan fingerprint density at radius 2 is 1.43 bits per heavy atom. The summed E-state index contributed by atoms with van der Waals surface area (Å²) in [5.41, 5.74) is 3.26. The molecule has 5 aromatic rings. The van der Waals surface area contributed by atoms with Gasteiger partial charge in [-0.2, -0.15) is 0 Å². The fraction of sp³-hybridized carbons (Fsp3) is 0.167. The summed E-state index contributed by atoms with van der Waals surface area (Å²) in [5, 5.41) is 0.979. The standard InChI is InChI=1S/C24H15Cl2IN6O4/c1-3-32-12-7-13-9(5-8(12)30-23(32)34)28-17-15(26)22-18(14(25)21(17)36-13)29-11-6-10-19(16(27)20(11)37-22)33(4-2)24(35)31-10/h5-7H,3-4H2,1-2H3,(H,30,34)(H,31,35). The Labute approximate surface area is 230 Å². The van der Waals surface area contributed by atoms with E-state index in [1.165, 1.54) is 0 Å². The van der Waals surface area contributed by atoms with Gasteiger partial charge in [0.2, 0.25) is 0 Å². The van der Waals surface area contributed by atoms with Crippen LogP contribution in [0.4, 0.5) is 11.4 Å². The molecule has 37 heavy (non-hydrogen) atoms. The van der Waals surface area contributed by atoms with Crippen LogP contribution in [0, 0.1) is 3.57 Å². The molecule has 0 bridgehead atoms. The Hall–Kier alpha value is -3.29. The van der Waals surface area contributed by atoms with Crippen LogP contribution < -0.4 is 31.6 Å². The molecular weight excluding hydrogens is 634 g/mol. The van der Waals surface area contributed by atoms with Crippen molar-refractivity contribution < 1.29 is 9.47 Å². The lowest BCUT2D eigenvalue weighted by Crippen LogP contribution is -2.22. The molecular formula is C24H15Cl2IN6O4. The van der Waals surface area contributed by atoms with E-state index in [1.54, 1.807) is 27.3 Å². The van der Waals surface area contributed by atoms with Gasteiger partial charge in [0.25, 0.3) is 0 Å². The predicted molar refractivity (Wildman–Crippen MR) is 147 cm³/mol. The summed E-state index contributed by atoms with van der Waals surface area (Å²) in [7, 11) is 0. The fourth-order valence-electron chi connectivity index (χ4n) is 4.85. The molecule has 2 aliphatic rings. The molecule has 7 rings (SSSR count). The zero-order chi connectivity index (χ0) is 25.7. The number of rotatable bonds is 2. The molecule has 0 saturated carbocycles. The van der Waals surface area contributed by atoms with Gasteiger partial charge in [0.15, 0.2) is 23.0 Å². The minimum absolute atomic E-state index is 0.186. The van der Waals surface area contributed by atoms with E-state index in [-0.39, 0.29) is 32.9 Å². The molecule has 0 radical (unpaired) electrons. The minimum Gasteiger partial charge on any atom is -0.451 e. The molecule has 2 aliphatic heterocycles. The summed E-state index contributed by atoms with van der Waals surface area (Å²) in [5.74, 6) is 1.40. The van der Waals surface area contributed by atoms with E-state index in [0.717, 1.165) is 9.09 Å². The Balaban J connectivity index is 1.48. The van der Waals surface area contributed by atoms with E-state index in [1.807, 2.05) is 13.8 Å². The van der Waals surface area contributed by atoms with Gasteiger partial charge in [-0.25, -0.2) is 19.6 Å². The van der Waals surface area contributed by atoms with Crippen LogP contribution >= 0.6 is 45.8 Å².